The number of phenols is 1. The van der Waals surface area contributed by atoms with Gasteiger partial charge in [-0.3, -0.25) is 19.3 Å². The van der Waals surface area contributed by atoms with Crippen LogP contribution in [0, 0.1) is 12.8 Å². The van der Waals surface area contributed by atoms with E-state index in [4.69, 9.17) is 11.6 Å². The number of amides is 3. The molecule has 2 aromatic rings. The molecule has 162 valence electrons. The van der Waals surface area contributed by atoms with E-state index in [9.17, 15) is 19.5 Å². The van der Waals surface area contributed by atoms with Crippen LogP contribution in [-0.2, 0) is 14.4 Å². The van der Waals surface area contributed by atoms with Crippen LogP contribution < -0.4 is 10.2 Å². The largest absolute Gasteiger partial charge is 0.506 e. The normalized spacial score (nSPS) is 20.3. The molecule has 3 amide bonds. The molecule has 0 radical (unpaired) electrons. The summed E-state index contributed by atoms with van der Waals surface area (Å²) < 4.78 is 0. The number of hydrogen-bond donors (Lipinski definition) is 2. The van der Waals surface area contributed by atoms with E-state index < -0.39 is 6.04 Å². The van der Waals surface area contributed by atoms with Gasteiger partial charge in [0.2, 0.25) is 11.8 Å². The van der Waals surface area contributed by atoms with Crippen LogP contribution in [0.25, 0.3) is 0 Å². The summed E-state index contributed by atoms with van der Waals surface area (Å²) in [5.74, 6) is -0.822. The first-order chi connectivity index (χ1) is 14.8. The van der Waals surface area contributed by atoms with Gasteiger partial charge in [0.15, 0.2) is 0 Å². The minimum absolute atomic E-state index is 0.0275. The highest BCUT2D eigenvalue weighted by Crippen LogP contribution is 2.31. The number of nitrogens with zero attached hydrogens (tertiary/aromatic N) is 2. The fourth-order valence-electron chi connectivity index (χ4n) is 4.18. The van der Waals surface area contributed by atoms with Crippen molar-refractivity contribution in [3.05, 3.63) is 53.1 Å². The Hall–Kier alpha value is -2.90. The van der Waals surface area contributed by atoms with Gasteiger partial charge in [0, 0.05) is 10.9 Å². The molecule has 0 saturated carbocycles. The lowest BCUT2D eigenvalue weighted by Crippen LogP contribution is -2.47. The Bertz CT molecular complexity index is 1030. The van der Waals surface area contributed by atoms with Gasteiger partial charge in [-0.1, -0.05) is 29.8 Å². The number of piperidine rings is 1. The lowest BCUT2D eigenvalue weighted by Gasteiger charge is -2.34. The average Bonchev–Trinajstić information content (AvgIpc) is 3.06. The molecule has 2 saturated heterocycles. The number of likely N-dealkylation sites (tertiary alicyclic amines) is 1. The Morgan fingerprint density at radius 2 is 1.84 bits per heavy atom. The summed E-state index contributed by atoms with van der Waals surface area (Å²) in [4.78, 5) is 41.4. The predicted octanol–water partition coefficient (Wildman–Crippen LogP) is 3.34. The summed E-state index contributed by atoms with van der Waals surface area (Å²) in [6.07, 6.45) is 1.28. The van der Waals surface area contributed by atoms with Gasteiger partial charge in [0.05, 0.1) is 23.8 Å². The molecule has 1 atom stereocenters. The summed E-state index contributed by atoms with van der Waals surface area (Å²) in [6, 6.07) is 11.3. The number of nitrogens with one attached hydrogen (secondary N) is 1. The molecule has 2 aliphatic rings. The average molecular weight is 442 g/mol. The van der Waals surface area contributed by atoms with Gasteiger partial charge in [0.1, 0.15) is 5.75 Å². The molecule has 2 aromatic carbocycles. The lowest BCUT2D eigenvalue weighted by molar-refractivity contribution is -0.123. The van der Waals surface area contributed by atoms with Crippen LogP contribution in [-0.4, -0.2) is 46.9 Å². The summed E-state index contributed by atoms with van der Waals surface area (Å²) in [5.41, 5.74) is 1.76. The topological polar surface area (TPSA) is 90.0 Å². The first-order valence-electron chi connectivity index (χ1n) is 10.3. The van der Waals surface area contributed by atoms with E-state index in [-0.39, 0.29) is 35.8 Å². The Morgan fingerprint density at radius 1 is 1.13 bits per heavy atom. The number of benzene rings is 2. The number of imide groups is 1. The molecule has 2 N–H and O–H groups in total. The van der Waals surface area contributed by atoms with Crippen molar-refractivity contribution in [3.8, 4) is 5.75 Å². The van der Waals surface area contributed by atoms with Gasteiger partial charge in [-0.2, -0.15) is 0 Å². The fourth-order valence-corrected chi connectivity index (χ4v) is 4.36. The number of anilines is 2. The first kappa shape index (κ1) is 21.3. The van der Waals surface area contributed by atoms with E-state index in [0.717, 1.165) is 5.56 Å². The summed E-state index contributed by atoms with van der Waals surface area (Å²) >= 11 is 6.17. The van der Waals surface area contributed by atoms with Crippen molar-refractivity contribution in [2.45, 2.75) is 32.2 Å². The van der Waals surface area contributed by atoms with E-state index in [1.807, 2.05) is 11.8 Å². The molecule has 0 unspecified atom stereocenters. The monoisotopic (exact) mass is 441 g/mol. The Balaban J connectivity index is 1.38. The molecule has 2 heterocycles. The van der Waals surface area contributed by atoms with Crippen molar-refractivity contribution < 1.29 is 19.5 Å². The maximum atomic E-state index is 13.0. The van der Waals surface area contributed by atoms with Crippen molar-refractivity contribution in [1.82, 2.24) is 4.90 Å². The highest BCUT2D eigenvalue weighted by atomic mass is 35.5. The van der Waals surface area contributed by atoms with Crippen molar-refractivity contribution >= 4 is 40.7 Å². The van der Waals surface area contributed by atoms with Gasteiger partial charge >= 0.3 is 0 Å². The second-order valence-corrected chi connectivity index (χ2v) is 8.44. The van der Waals surface area contributed by atoms with Crippen LogP contribution in [0.2, 0.25) is 5.02 Å². The number of phenolic OH excluding ortho intramolecular Hbond substituents is 1. The number of carbonyl (C=O) groups is 3. The maximum Gasteiger partial charge on any atom is 0.251 e. The van der Waals surface area contributed by atoms with Crippen molar-refractivity contribution in [3.63, 3.8) is 0 Å². The second kappa shape index (κ2) is 8.69. The molecular formula is C23H24ClN3O4. The molecule has 2 fully saturated rings. The molecule has 4 rings (SSSR count). The SMILES string of the molecule is Cc1ccc(N2C(=O)C[C@@H](N3CCC(C(=O)Nc4ccccc4O)CC3)C2=O)cc1Cl. The van der Waals surface area contributed by atoms with E-state index in [1.54, 1.807) is 36.4 Å². The van der Waals surface area contributed by atoms with Gasteiger partial charge < -0.3 is 10.4 Å². The standard InChI is InChI=1S/C23H24ClN3O4/c1-14-6-7-16(12-17(14)24)27-21(29)13-19(23(27)31)26-10-8-15(9-11-26)22(30)25-18-4-2-3-5-20(18)28/h2-7,12,15,19,28H,8-11,13H2,1H3,(H,25,30)/t19-/m1/s1. The second-order valence-electron chi connectivity index (χ2n) is 8.04. The Labute approximate surface area is 185 Å². The van der Waals surface area contributed by atoms with E-state index in [0.29, 0.717) is 42.3 Å². The number of aryl methyl sites for hydroxylation is 1. The van der Waals surface area contributed by atoms with Crippen molar-refractivity contribution in [2.24, 2.45) is 5.92 Å². The zero-order valence-corrected chi connectivity index (χ0v) is 17.9. The van der Waals surface area contributed by atoms with Gasteiger partial charge in [0.25, 0.3) is 5.91 Å². The van der Waals surface area contributed by atoms with Gasteiger partial charge in [-0.15, -0.1) is 0 Å². The zero-order valence-electron chi connectivity index (χ0n) is 17.2. The van der Waals surface area contributed by atoms with Crippen LogP contribution in [0.4, 0.5) is 11.4 Å². The van der Waals surface area contributed by atoms with Crippen molar-refractivity contribution in [2.75, 3.05) is 23.3 Å². The molecule has 31 heavy (non-hydrogen) atoms. The third-order valence-corrected chi connectivity index (χ3v) is 6.45. The minimum atomic E-state index is -0.519. The van der Waals surface area contributed by atoms with Gasteiger partial charge in [-0.05, 0) is 62.7 Å². The predicted molar refractivity (Wildman–Crippen MR) is 118 cm³/mol. The Morgan fingerprint density at radius 3 is 2.52 bits per heavy atom. The molecule has 8 heteroatoms. The third-order valence-electron chi connectivity index (χ3n) is 6.04. The van der Waals surface area contributed by atoms with Crippen LogP contribution in [0.1, 0.15) is 24.8 Å². The molecule has 0 aromatic heterocycles. The number of carbonyl (C=O) groups excluding carboxylic acids is 3. The van der Waals surface area contributed by atoms with Crippen LogP contribution >= 0.6 is 11.6 Å². The highest BCUT2D eigenvalue weighted by molar-refractivity contribution is 6.32. The number of aromatic hydroxyl groups is 1. The Kier molecular flexibility index (Phi) is 5.98. The first-order valence-corrected chi connectivity index (χ1v) is 10.7. The molecular weight excluding hydrogens is 418 g/mol. The van der Waals surface area contributed by atoms with Crippen LogP contribution in [0.3, 0.4) is 0 Å². The number of rotatable bonds is 4. The lowest BCUT2D eigenvalue weighted by atomic mass is 9.94. The number of hydrogen-bond acceptors (Lipinski definition) is 5. The molecule has 0 bridgehead atoms. The van der Waals surface area contributed by atoms with Crippen LogP contribution in [0.15, 0.2) is 42.5 Å². The molecule has 2 aliphatic heterocycles. The molecule has 0 aliphatic carbocycles. The summed E-state index contributed by atoms with van der Waals surface area (Å²) in [5, 5.41) is 13.1. The quantitative estimate of drug-likeness (QED) is 0.561. The van der Waals surface area contributed by atoms with Crippen molar-refractivity contribution in [1.29, 1.82) is 0 Å². The summed E-state index contributed by atoms with van der Waals surface area (Å²) in [7, 11) is 0. The highest BCUT2D eigenvalue weighted by Gasteiger charge is 2.44. The summed E-state index contributed by atoms with van der Waals surface area (Å²) in [6.45, 7) is 2.96. The van der Waals surface area contributed by atoms with Gasteiger partial charge in [-0.25, -0.2) is 4.90 Å². The van der Waals surface area contributed by atoms with E-state index >= 15 is 0 Å². The fraction of sp³-hybridized carbons (Fsp3) is 0.348. The third kappa shape index (κ3) is 4.29. The minimum Gasteiger partial charge on any atom is -0.506 e. The maximum absolute atomic E-state index is 13.0. The zero-order chi connectivity index (χ0) is 22.1. The molecule has 7 nitrogen and oxygen atoms in total. The molecule has 0 spiro atoms. The number of para-hydroxylation sites is 2. The van der Waals surface area contributed by atoms with E-state index in [1.165, 1.54) is 11.0 Å². The van der Waals surface area contributed by atoms with Crippen LogP contribution in [0.5, 0.6) is 5.75 Å². The smallest absolute Gasteiger partial charge is 0.251 e. The van der Waals surface area contributed by atoms with E-state index in [2.05, 4.69) is 5.32 Å². The number of halogens is 1.